The number of nitrogens with one attached hydrogen (secondary N) is 1. The van der Waals surface area contributed by atoms with Gasteiger partial charge >= 0.3 is 0 Å². The zero-order chi connectivity index (χ0) is 19.0. The highest BCUT2D eigenvalue weighted by Gasteiger charge is 2.26. The predicted octanol–water partition coefficient (Wildman–Crippen LogP) is 3.70. The second kappa shape index (κ2) is 7.52. The molecule has 2 aliphatic rings. The quantitative estimate of drug-likeness (QED) is 0.854. The molecule has 2 aromatic rings. The number of ether oxygens (including phenoxy) is 2. The Bertz CT molecular complexity index is 818. The Morgan fingerprint density at radius 2 is 1.96 bits per heavy atom. The second-order valence-electron chi connectivity index (χ2n) is 7.87. The van der Waals surface area contributed by atoms with Gasteiger partial charge in [0.25, 0.3) is 0 Å². The first-order valence-corrected chi connectivity index (χ1v) is 9.85. The van der Waals surface area contributed by atoms with Crippen molar-refractivity contribution in [1.82, 2.24) is 9.88 Å². The number of phenolic OH excluding ortho intramolecular Hbond substituents is 1. The van der Waals surface area contributed by atoms with E-state index in [0.717, 1.165) is 61.1 Å². The topological polar surface area (TPSA) is 66.9 Å². The summed E-state index contributed by atoms with van der Waals surface area (Å²) in [7, 11) is 3.74. The number of fused-ring (bicyclic) bond motifs is 1. The lowest BCUT2D eigenvalue weighted by atomic mass is 10.0. The number of aromatic hydroxyl groups is 1. The first-order valence-electron chi connectivity index (χ1n) is 9.85. The smallest absolute Gasteiger partial charge is 0.161 e. The van der Waals surface area contributed by atoms with E-state index in [4.69, 9.17) is 14.5 Å². The lowest BCUT2D eigenvalue weighted by molar-refractivity contribution is 0.0532. The number of anilines is 1. The molecule has 0 aliphatic carbocycles. The minimum Gasteiger partial charge on any atom is -0.504 e. The van der Waals surface area contributed by atoms with Gasteiger partial charge in [-0.15, -0.1) is 0 Å². The first kappa shape index (κ1) is 18.3. The van der Waals surface area contributed by atoms with Crippen molar-refractivity contribution in [3.05, 3.63) is 23.9 Å². The molecule has 0 bridgehead atoms. The molecule has 2 atom stereocenters. The number of rotatable bonds is 4. The van der Waals surface area contributed by atoms with E-state index in [1.807, 2.05) is 6.07 Å². The maximum Gasteiger partial charge on any atom is 0.161 e. The first-order chi connectivity index (χ1) is 13.0. The molecule has 6 heteroatoms. The zero-order valence-electron chi connectivity index (χ0n) is 16.4. The number of nitrogens with zero attached hydrogens (tertiary/aromatic N) is 2. The number of likely N-dealkylation sites (tertiary alicyclic amines) is 1. The summed E-state index contributed by atoms with van der Waals surface area (Å²) in [5, 5.41) is 14.9. The van der Waals surface area contributed by atoms with Crippen LogP contribution in [0.15, 0.2) is 18.2 Å². The van der Waals surface area contributed by atoms with Crippen molar-refractivity contribution >= 4 is 16.6 Å². The third-order valence-corrected chi connectivity index (χ3v) is 5.77. The van der Waals surface area contributed by atoms with Gasteiger partial charge in [0.1, 0.15) is 0 Å². The van der Waals surface area contributed by atoms with Gasteiger partial charge in [0.15, 0.2) is 11.5 Å². The van der Waals surface area contributed by atoms with Crippen LogP contribution in [0.3, 0.4) is 0 Å². The Kier molecular flexibility index (Phi) is 5.10. The molecule has 6 nitrogen and oxygen atoms in total. The summed E-state index contributed by atoms with van der Waals surface area (Å²) in [6.45, 7) is 4.30. The molecule has 2 N–H and O–H groups in total. The minimum atomic E-state index is 0.0201. The van der Waals surface area contributed by atoms with Crippen LogP contribution in [0.5, 0.6) is 11.5 Å². The summed E-state index contributed by atoms with van der Waals surface area (Å²) >= 11 is 0. The van der Waals surface area contributed by atoms with Crippen LogP contribution in [0.2, 0.25) is 0 Å². The van der Waals surface area contributed by atoms with Gasteiger partial charge in [0.2, 0.25) is 0 Å². The second-order valence-corrected chi connectivity index (χ2v) is 7.87. The van der Waals surface area contributed by atoms with E-state index in [1.165, 1.54) is 0 Å². The predicted molar refractivity (Wildman–Crippen MR) is 107 cm³/mol. The van der Waals surface area contributed by atoms with E-state index in [2.05, 4.69) is 30.3 Å². The summed E-state index contributed by atoms with van der Waals surface area (Å²) in [5.74, 6) is 0.579. The molecule has 1 aromatic heterocycles. The van der Waals surface area contributed by atoms with Gasteiger partial charge in [-0.3, -0.25) is 0 Å². The van der Waals surface area contributed by atoms with Crippen LogP contribution in [-0.4, -0.2) is 54.4 Å². The number of methoxy groups -OCH3 is 1. The monoisotopic (exact) mass is 371 g/mol. The Morgan fingerprint density at radius 3 is 2.63 bits per heavy atom. The zero-order valence-corrected chi connectivity index (χ0v) is 16.4. The Labute approximate surface area is 160 Å². The molecule has 146 valence electrons. The third kappa shape index (κ3) is 3.82. The molecule has 27 heavy (non-hydrogen) atoms. The van der Waals surface area contributed by atoms with E-state index in [0.29, 0.717) is 11.8 Å². The van der Waals surface area contributed by atoms with Gasteiger partial charge in [0.05, 0.1) is 30.5 Å². The lowest BCUT2D eigenvalue weighted by Crippen LogP contribution is -2.36. The Balaban J connectivity index is 1.73. The van der Waals surface area contributed by atoms with Crippen LogP contribution >= 0.6 is 0 Å². The standard InChI is InChI=1S/C21H29N3O3/c1-13-4-5-20(27-13)18-11-16(22-14-6-8-24(2)9-7-14)15-10-21(26-3)19(25)12-17(15)23-18/h10-14,20,25H,4-9H2,1-3H3,(H,22,23). The molecule has 2 unspecified atom stereocenters. The normalized spacial score (nSPS) is 24.4. The van der Waals surface area contributed by atoms with E-state index in [-0.39, 0.29) is 18.0 Å². The molecular weight excluding hydrogens is 342 g/mol. The molecule has 2 saturated heterocycles. The maximum absolute atomic E-state index is 10.2. The van der Waals surface area contributed by atoms with Crippen molar-refractivity contribution in [2.75, 3.05) is 32.6 Å². The van der Waals surface area contributed by atoms with E-state index in [1.54, 1.807) is 13.2 Å². The van der Waals surface area contributed by atoms with Crippen LogP contribution < -0.4 is 10.1 Å². The van der Waals surface area contributed by atoms with Crippen molar-refractivity contribution < 1.29 is 14.6 Å². The van der Waals surface area contributed by atoms with Gasteiger partial charge in [-0.1, -0.05) is 0 Å². The number of aromatic nitrogens is 1. The number of benzene rings is 1. The molecule has 0 spiro atoms. The van der Waals surface area contributed by atoms with Crippen LogP contribution in [0.25, 0.3) is 10.9 Å². The lowest BCUT2D eigenvalue weighted by Gasteiger charge is -2.30. The van der Waals surface area contributed by atoms with Crippen LogP contribution in [0, 0.1) is 0 Å². The highest BCUT2D eigenvalue weighted by Crippen LogP contribution is 2.38. The Morgan fingerprint density at radius 1 is 1.19 bits per heavy atom. The highest BCUT2D eigenvalue weighted by atomic mass is 16.5. The fraction of sp³-hybridized carbons (Fsp3) is 0.571. The van der Waals surface area contributed by atoms with Crippen molar-refractivity contribution in [2.24, 2.45) is 0 Å². The summed E-state index contributed by atoms with van der Waals surface area (Å²) < 4.78 is 11.4. The molecule has 0 amide bonds. The van der Waals surface area contributed by atoms with Crippen LogP contribution in [0.4, 0.5) is 5.69 Å². The number of piperidine rings is 1. The summed E-state index contributed by atoms with van der Waals surface area (Å²) in [6.07, 6.45) is 4.54. The van der Waals surface area contributed by atoms with E-state index in [9.17, 15) is 5.11 Å². The average molecular weight is 371 g/mol. The molecule has 0 saturated carbocycles. The van der Waals surface area contributed by atoms with Gasteiger partial charge < -0.3 is 24.8 Å². The maximum atomic E-state index is 10.2. The number of phenols is 1. The van der Waals surface area contributed by atoms with Crippen molar-refractivity contribution in [2.45, 2.75) is 50.9 Å². The van der Waals surface area contributed by atoms with E-state index < -0.39 is 0 Å². The molecule has 1 aromatic carbocycles. The van der Waals surface area contributed by atoms with Gasteiger partial charge in [-0.2, -0.15) is 0 Å². The highest BCUT2D eigenvalue weighted by molar-refractivity contribution is 5.94. The van der Waals surface area contributed by atoms with Crippen molar-refractivity contribution in [1.29, 1.82) is 0 Å². The summed E-state index contributed by atoms with van der Waals surface area (Å²) in [6, 6.07) is 6.12. The molecule has 3 heterocycles. The molecule has 2 aliphatic heterocycles. The molecule has 0 radical (unpaired) electrons. The number of hydrogen-bond acceptors (Lipinski definition) is 6. The third-order valence-electron chi connectivity index (χ3n) is 5.77. The SMILES string of the molecule is COc1cc2c(NC3CCN(C)CC3)cc(C3CCC(C)O3)nc2cc1O. The van der Waals surface area contributed by atoms with Crippen molar-refractivity contribution in [3.63, 3.8) is 0 Å². The fourth-order valence-electron chi connectivity index (χ4n) is 4.10. The van der Waals surface area contributed by atoms with Gasteiger partial charge in [0, 0.05) is 23.2 Å². The van der Waals surface area contributed by atoms with Gasteiger partial charge in [-0.25, -0.2) is 4.98 Å². The van der Waals surface area contributed by atoms with E-state index >= 15 is 0 Å². The summed E-state index contributed by atoms with van der Waals surface area (Å²) in [4.78, 5) is 7.17. The average Bonchev–Trinajstić information content (AvgIpc) is 3.09. The number of hydrogen-bond donors (Lipinski definition) is 2. The van der Waals surface area contributed by atoms with Crippen LogP contribution in [0.1, 0.15) is 44.4 Å². The van der Waals surface area contributed by atoms with Crippen LogP contribution in [-0.2, 0) is 4.74 Å². The number of pyridine rings is 1. The summed E-state index contributed by atoms with van der Waals surface area (Å²) in [5.41, 5.74) is 2.75. The van der Waals surface area contributed by atoms with Gasteiger partial charge in [-0.05, 0) is 64.9 Å². The van der Waals surface area contributed by atoms with Crippen molar-refractivity contribution in [3.8, 4) is 11.5 Å². The fourth-order valence-corrected chi connectivity index (χ4v) is 4.10. The Hall–Kier alpha value is -2.05. The minimum absolute atomic E-state index is 0.0201. The molecule has 2 fully saturated rings. The largest absolute Gasteiger partial charge is 0.504 e. The molecular formula is C21H29N3O3. The molecule has 4 rings (SSSR count).